The number of nitrogens with zero attached hydrogens (tertiary/aromatic N) is 1. The van der Waals surface area contributed by atoms with Crippen LogP contribution in [0.15, 0.2) is 115 Å². The van der Waals surface area contributed by atoms with E-state index in [4.69, 9.17) is 34.8 Å². The van der Waals surface area contributed by atoms with E-state index < -0.39 is 22.8 Å². The highest BCUT2D eigenvalue weighted by Gasteiger charge is 2.38. The molecule has 1 atom stereocenters. The summed E-state index contributed by atoms with van der Waals surface area (Å²) in [6, 6.07) is 38.6. The minimum atomic E-state index is -2.93. The monoisotopic (exact) mass is 579 g/mol. The van der Waals surface area contributed by atoms with Gasteiger partial charge in [0.25, 0.3) is 5.91 Å². The predicted octanol–water partition coefficient (Wildman–Crippen LogP) is 5.91. The Hall–Kier alpha value is -3.19. The quantitative estimate of drug-likeness (QED) is 0.162. The number of amides is 1. The number of anilines is 1. The summed E-state index contributed by atoms with van der Waals surface area (Å²) in [6.07, 6.45) is -1.12. The highest BCUT2D eigenvalue weighted by atomic mass is 35.6. The Balaban J connectivity index is 1.95. The van der Waals surface area contributed by atoms with Gasteiger partial charge in [0.05, 0.1) is 0 Å². The average molecular weight is 581 g/mol. The normalized spacial score (nSPS) is 12.2. The van der Waals surface area contributed by atoms with Gasteiger partial charge in [0.15, 0.2) is 0 Å². The summed E-state index contributed by atoms with van der Waals surface area (Å²) in [7, 11) is 0. The number of hydrogen-bond donors (Lipinski definition) is 2. The zero-order valence-electron chi connectivity index (χ0n) is 20.5. The van der Waals surface area contributed by atoms with Crippen LogP contribution in [0.5, 0.6) is 0 Å². The molecule has 0 aromatic heterocycles. The summed E-state index contributed by atoms with van der Waals surface area (Å²) in [5, 5.41) is 19.1. The van der Waals surface area contributed by atoms with Crippen LogP contribution < -0.4 is 26.5 Å². The molecule has 8 heteroatoms. The Bertz CT molecular complexity index is 1380. The summed E-state index contributed by atoms with van der Waals surface area (Å²) >= 11 is 18.9. The van der Waals surface area contributed by atoms with E-state index >= 15 is 0 Å². The standard InChI is InChI=1S/C30H25Cl3N3OP/c1-22-17-19-23(20-18-22)35-29(30(31,32)33)36-28(37)27(21-34)38(24-11-5-2-6-12-24,25-13-7-3-8-14-25)26-15-9-4-10-16-26/h2-20,29,35H,1H3,(H,36,37)/t29-/m1/s1. The molecule has 4 aromatic carbocycles. The topological polar surface area (TPSA) is 64.9 Å². The molecule has 0 aliphatic rings. The van der Waals surface area contributed by atoms with Crippen molar-refractivity contribution in [3.05, 3.63) is 121 Å². The van der Waals surface area contributed by atoms with Gasteiger partial charge in [0.1, 0.15) is 17.5 Å². The molecule has 0 aliphatic heterocycles. The fourth-order valence-electron chi connectivity index (χ4n) is 4.28. The molecule has 0 fully saturated rings. The fourth-order valence-corrected chi connectivity index (χ4v) is 8.66. The Morgan fingerprint density at radius 2 is 1.18 bits per heavy atom. The molecule has 2 N–H and O–H groups in total. The van der Waals surface area contributed by atoms with Gasteiger partial charge in [-0.25, -0.2) is 0 Å². The third-order valence-corrected chi connectivity index (χ3v) is 10.9. The van der Waals surface area contributed by atoms with Crippen molar-refractivity contribution in [3.8, 4) is 6.07 Å². The van der Waals surface area contributed by atoms with Gasteiger partial charge < -0.3 is 10.6 Å². The fraction of sp³-hybridized carbons (Fsp3) is 0.100. The molecule has 0 aliphatic carbocycles. The van der Waals surface area contributed by atoms with Crippen LogP contribution in [-0.2, 0) is 4.79 Å². The lowest BCUT2D eigenvalue weighted by Gasteiger charge is -2.32. The third kappa shape index (κ3) is 5.93. The maximum atomic E-state index is 14.1. The molecule has 0 spiro atoms. The molecule has 38 heavy (non-hydrogen) atoms. The van der Waals surface area contributed by atoms with E-state index in [0.29, 0.717) is 5.69 Å². The summed E-state index contributed by atoms with van der Waals surface area (Å²) < 4.78 is -1.91. The molecule has 192 valence electrons. The van der Waals surface area contributed by atoms with Crippen LogP contribution in [0.25, 0.3) is 0 Å². The van der Waals surface area contributed by atoms with E-state index in [-0.39, 0.29) is 5.29 Å². The Kier molecular flexibility index (Phi) is 8.87. The van der Waals surface area contributed by atoms with E-state index in [1.54, 1.807) is 0 Å². The molecule has 4 rings (SSSR count). The van der Waals surface area contributed by atoms with Gasteiger partial charge in [-0.2, -0.15) is 5.26 Å². The maximum Gasteiger partial charge on any atom is 0.264 e. The molecule has 4 aromatic rings. The van der Waals surface area contributed by atoms with Crippen molar-refractivity contribution < 1.29 is 4.79 Å². The molecular weight excluding hydrogens is 556 g/mol. The van der Waals surface area contributed by atoms with Gasteiger partial charge in [-0.05, 0) is 35.0 Å². The van der Waals surface area contributed by atoms with E-state index in [1.165, 1.54) is 0 Å². The predicted molar refractivity (Wildman–Crippen MR) is 163 cm³/mol. The number of carbonyl (C=O) groups is 1. The van der Waals surface area contributed by atoms with Gasteiger partial charge in [-0.3, -0.25) is 4.79 Å². The van der Waals surface area contributed by atoms with Crippen LogP contribution in [0, 0.1) is 18.3 Å². The van der Waals surface area contributed by atoms with Gasteiger partial charge in [-0.1, -0.05) is 143 Å². The van der Waals surface area contributed by atoms with Crippen molar-refractivity contribution in [1.82, 2.24) is 5.32 Å². The highest BCUT2D eigenvalue weighted by Crippen LogP contribution is 2.46. The van der Waals surface area contributed by atoms with Crippen molar-refractivity contribution in [1.29, 1.82) is 5.26 Å². The molecule has 0 unspecified atom stereocenters. The summed E-state index contributed by atoms with van der Waals surface area (Å²) in [5.41, 5.74) is 1.72. The summed E-state index contributed by atoms with van der Waals surface area (Å²) in [6.45, 7) is -0.966. The first kappa shape index (κ1) is 27.8. The Morgan fingerprint density at radius 3 is 1.55 bits per heavy atom. The zero-order valence-corrected chi connectivity index (χ0v) is 23.6. The Morgan fingerprint density at radius 1 is 0.763 bits per heavy atom. The van der Waals surface area contributed by atoms with E-state index in [9.17, 15) is 10.1 Å². The number of nitriles is 1. The van der Waals surface area contributed by atoms with Gasteiger partial charge >= 0.3 is 0 Å². The van der Waals surface area contributed by atoms with Crippen molar-refractivity contribution in [2.75, 3.05) is 5.32 Å². The third-order valence-electron chi connectivity index (χ3n) is 6.05. The molecule has 1 amide bonds. The number of aryl methyl sites for hydroxylation is 1. The van der Waals surface area contributed by atoms with Crippen LogP contribution in [-0.4, -0.2) is 21.2 Å². The number of alkyl halides is 3. The SMILES string of the molecule is Cc1ccc(N[C@H](NC(=O)C(C#N)=P(c2ccccc2)(c2ccccc2)c2ccccc2)C(Cl)(Cl)Cl)cc1. The number of carbonyl (C=O) groups excluding carboxylic acids is 1. The van der Waals surface area contributed by atoms with Crippen molar-refractivity contribution in [3.63, 3.8) is 0 Å². The largest absolute Gasteiger partial charge is 0.362 e. The first-order chi connectivity index (χ1) is 18.3. The van der Waals surface area contributed by atoms with Crippen LogP contribution in [0.4, 0.5) is 5.69 Å². The second kappa shape index (κ2) is 12.1. The first-order valence-electron chi connectivity index (χ1n) is 11.8. The zero-order chi connectivity index (χ0) is 27.2. The smallest absolute Gasteiger partial charge is 0.264 e. The number of hydrogen-bond acceptors (Lipinski definition) is 3. The van der Waals surface area contributed by atoms with Crippen LogP contribution in [0.2, 0.25) is 0 Å². The lowest BCUT2D eigenvalue weighted by atomic mass is 10.2. The van der Waals surface area contributed by atoms with Gasteiger partial charge in [-0.15, -0.1) is 0 Å². The molecule has 4 nitrogen and oxygen atoms in total. The van der Waals surface area contributed by atoms with Crippen LogP contribution in [0.3, 0.4) is 0 Å². The van der Waals surface area contributed by atoms with Crippen molar-refractivity contribution in [2.24, 2.45) is 0 Å². The Labute approximate surface area is 238 Å². The van der Waals surface area contributed by atoms with Crippen LogP contribution >= 0.6 is 41.7 Å². The van der Waals surface area contributed by atoms with Crippen molar-refractivity contribution >= 4 is 74.5 Å². The molecule has 0 radical (unpaired) electrons. The summed E-state index contributed by atoms with van der Waals surface area (Å²) in [4.78, 5) is 14.1. The van der Waals surface area contributed by atoms with Gasteiger partial charge in [0, 0.05) is 12.6 Å². The van der Waals surface area contributed by atoms with E-state index in [1.807, 2.05) is 122 Å². The number of halogens is 3. The van der Waals surface area contributed by atoms with E-state index in [0.717, 1.165) is 21.5 Å². The molecule has 0 saturated carbocycles. The van der Waals surface area contributed by atoms with Crippen LogP contribution in [0.1, 0.15) is 5.56 Å². The van der Waals surface area contributed by atoms with Gasteiger partial charge in [0.2, 0.25) is 3.79 Å². The lowest BCUT2D eigenvalue weighted by Crippen LogP contribution is -2.52. The average Bonchev–Trinajstić information content (AvgIpc) is 2.93. The van der Waals surface area contributed by atoms with Crippen molar-refractivity contribution in [2.45, 2.75) is 16.9 Å². The molecule has 0 saturated heterocycles. The lowest BCUT2D eigenvalue weighted by molar-refractivity contribution is -0.115. The maximum absolute atomic E-state index is 14.1. The number of benzene rings is 4. The highest BCUT2D eigenvalue weighted by molar-refractivity contribution is 7.96. The molecular formula is C30H25Cl3N3OP. The molecule has 0 bridgehead atoms. The number of rotatable bonds is 7. The first-order valence-corrected chi connectivity index (χ1v) is 14.7. The second-order valence-corrected chi connectivity index (χ2v) is 14.3. The minimum absolute atomic E-state index is 0.0473. The second-order valence-electron chi connectivity index (χ2n) is 8.60. The molecule has 0 heterocycles. The minimum Gasteiger partial charge on any atom is -0.362 e. The van der Waals surface area contributed by atoms with E-state index in [2.05, 4.69) is 16.7 Å². The summed E-state index contributed by atoms with van der Waals surface area (Å²) in [5.74, 6) is -0.617. The number of nitrogens with one attached hydrogen (secondary N) is 2.